The molecule has 0 spiro atoms. The lowest BCUT2D eigenvalue weighted by Crippen LogP contribution is -2.32. The van der Waals surface area contributed by atoms with E-state index in [9.17, 15) is 9.59 Å². The van der Waals surface area contributed by atoms with Crippen molar-refractivity contribution in [1.82, 2.24) is 20.0 Å². The number of urea groups is 1. The first-order valence-electron chi connectivity index (χ1n) is 12.3. The summed E-state index contributed by atoms with van der Waals surface area (Å²) in [6.45, 7) is 1.88. The molecule has 2 N–H and O–H groups in total. The van der Waals surface area contributed by atoms with Gasteiger partial charge in [0.15, 0.2) is 0 Å². The van der Waals surface area contributed by atoms with Gasteiger partial charge in [0, 0.05) is 37.1 Å². The zero-order valence-corrected chi connectivity index (χ0v) is 20.7. The average Bonchev–Trinajstić information content (AvgIpc) is 3.64. The predicted octanol–water partition coefficient (Wildman–Crippen LogP) is 5.11. The van der Waals surface area contributed by atoms with Gasteiger partial charge in [0.1, 0.15) is 11.4 Å². The lowest BCUT2D eigenvalue weighted by molar-refractivity contribution is 0.0951. The maximum Gasteiger partial charge on any atom is 0.321 e. The minimum absolute atomic E-state index is 0.0880. The standard InChI is InChI=1S/C29H29N5O3/c1-37-25-14-8-10-22(18-25)27-26(20-34(32-27)24-12-3-2-4-13-24)28(35)30-19-21-9-7-11-23(17-21)31-29(36)33-15-5-6-16-33/h2-4,7-14,17-18,20H,5-6,15-16,19H2,1H3,(H,30,35)(H,31,36). The molecule has 0 radical (unpaired) electrons. The Morgan fingerprint density at radius 2 is 1.73 bits per heavy atom. The molecule has 3 aromatic carbocycles. The molecule has 188 valence electrons. The minimum Gasteiger partial charge on any atom is -0.497 e. The summed E-state index contributed by atoms with van der Waals surface area (Å²) in [4.78, 5) is 27.6. The molecule has 37 heavy (non-hydrogen) atoms. The molecule has 3 amide bonds. The summed E-state index contributed by atoms with van der Waals surface area (Å²) in [5.41, 5.74) is 4.24. The number of para-hydroxylation sites is 1. The van der Waals surface area contributed by atoms with E-state index in [-0.39, 0.29) is 11.9 Å². The fourth-order valence-corrected chi connectivity index (χ4v) is 4.40. The lowest BCUT2D eigenvalue weighted by atomic mass is 10.1. The van der Waals surface area contributed by atoms with Crippen molar-refractivity contribution in [2.45, 2.75) is 19.4 Å². The summed E-state index contributed by atoms with van der Waals surface area (Å²) in [7, 11) is 1.61. The molecule has 0 saturated carbocycles. The van der Waals surface area contributed by atoms with Crippen molar-refractivity contribution in [2.24, 2.45) is 0 Å². The maximum atomic E-state index is 13.4. The number of hydrogen-bond donors (Lipinski definition) is 2. The molecule has 1 aliphatic rings. The number of likely N-dealkylation sites (tertiary alicyclic amines) is 1. The van der Waals surface area contributed by atoms with Crippen molar-refractivity contribution >= 4 is 17.6 Å². The first-order valence-corrected chi connectivity index (χ1v) is 12.3. The first kappa shape index (κ1) is 24.1. The van der Waals surface area contributed by atoms with Crippen LogP contribution in [0, 0.1) is 0 Å². The molecule has 0 bridgehead atoms. The van der Waals surface area contributed by atoms with Crippen LogP contribution in [0.25, 0.3) is 16.9 Å². The molecule has 0 unspecified atom stereocenters. The van der Waals surface area contributed by atoms with Gasteiger partial charge in [-0.3, -0.25) is 4.79 Å². The van der Waals surface area contributed by atoms with Crippen molar-refractivity contribution in [3.05, 3.63) is 96.2 Å². The van der Waals surface area contributed by atoms with Crippen LogP contribution < -0.4 is 15.4 Å². The zero-order chi connectivity index (χ0) is 25.6. The van der Waals surface area contributed by atoms with E-state index < -0.39 is 0 Å². The Kier molecular flexibility index (Phi) is 7.16. The minimum atomic E-state index is -0.244. The number of rotatable bonds is 7. The highest BCUT2D eigenvalue weighted by atomic mass is 16.5. The van der Waals surface area contributed by atoms with E-state index in [1.165, 1.54) is 0 Å². The normalized spacial score (nSPS) is 12.8. The van der Waals surface area contributed by atoms with E-state index in [1.807, 2.05) is 83.8 Å². The third-order valence-corrected chi connectivity index (χ3v) is 6.35. The summed E-state index contributed by atoms with van der Waals surface area (Å²) in [6.07, 6.45) is 3.82. The van der Waals surface area contributed by atoms with E-state index >= 15 is 0 Å². The van der Waals surface area contributed by atoms with Gasteiger partial charge in [0.05, 0.1) is 18.4 Å². The molecule has 5 rings (SSSR count). The van der Waals surface area contributed by atoms with Crippen LogP contribution in [0.15, 0.2) is 85.1 Å². The number of ether oxygens (including phenoxy) is 1. The lowest BCUT2D eigenvalue weighted by Gasteiger charge is -2.16. The van der Waals surface area contributed by atoms with Crippen molar-refractivity contribution in [3.63, 3.8) is 0 Å². The number of carbonyl (C=O) groups excluding carboxylic acids is 2. The van der Waals surface area contributed by atoms with Gasteiger partial charge in [-0.1, -0.05) is 42.5 Å². The summed E-state index contributed by atoms with van der Waals surface area (Å²) in [6, 6.07) is 24.6. The van der Waals surface area contributed by atoms with E-state index in [2.05, 4.69) is 10.6 Å². The van der Waals surface area contributed by atoms with Crippen LogP contribution in [-0.4, -0.2) is 46.8 Å². The highest BCUT2D eigenvalue weighted by molar-refractivity contribution is 6.00. The van der Waals surface area contributed by atoms with Gasteiger partial charge in [-0.2, -0.15) is 5.10 Å². The van der Waals surface area contributed by atoms with Gasteiger partial charge in [0.25, 0.3) is 5.91 Å². The number of nitrogens with one attached hydrogen (secondary N) is 2. The quantitative estimate of drug-likeness (QED) is 0.373. The van der Waals surface area contributed by atoms with Gasteiger partial charge in [-0.15, -0.1) is 0 Å². The molecule has 0 aliphatic carbocycles. The summed E-state index contributed by atoms with van der Waals surface area (Å²) in [5.74, 6) is 0.442. The smallest absolute Gasteiger partial charge is 0.321 e. The van der Waals surface area contributed by atoms with Gasteiger partial charge in [-0.05, 0) is 54.8 Å². The number of carbonyl (C=O) groups is 2. The van der Waals surface area contributed by atoms with Gasteiger partial charge in [-0.25, -0.2) is 9.48 Å². The molecule has 1 fully saturated rings. The zero-order valence-electron chi connectivity index (χ0n) is 20.7. The monoisotopic (exact) mass is 495 g/mol. The van der Waals surface area contributed by atoms with Crippen LogP contribution in [0.4, 0.5) is 10.5 Å². The fraction of sp³-hybridized carbons (Fsp3) is 0.207. The Morgan fingerprint density at radius 3 is 2.51 bits per heavy atom. The first-order chi connectivity index (χ1) is 18.1. The van der Waals surface area contributed by atoms with Crippen molar-refractivity contribution in [1.29, 1.82) is 0 Å². The highest BCUT2D eigenvalue weighted by Gasteiger charge is 2.20. The average molecular weight is 496 g/mol. The van der Waals surface area contributed by atoms with Crippen LogP contribution in [-0.2, 0) is 6.54 Å². The molecule has 4 aromatic rings. The number of anilines is 1. The van der Waals surface area contributed by atoms with E-state index in [4.69, 9.17) is 9.84 Å². The Bertz CT molecular complexity index is 1390. The number of benzene rings is 3. The third-order valence-electron chi connectivity index (χ3n) is 6.35. The van der Waals surface area contributed by atoms with Crippen molar-refractivity contribution in [2.75, 3.05) is 25.5 Å². The molecule has 8 nitrogen and oxygen atoms in total. The van der Waals surface area contributed by atoms with E-state index in [0.29, 0.717) is 29.2 Å². The number of hydrogen-bond acceptors (Lipinski definition) is 4. The Morgan fingerprint density at radius 1 is 0.946 bits per heavy atom. The maximum absolute atomic E-state index is 13.4. The van der Waals surface area contributed by atoms with Crippen LogP contribution >= 0.6 is 0 Å². The molecule has 1 aromatic heterocycles. The number of aromatic nitrogens is 2. The Balaban J connectivity index is 1.35. The number of methoxy groups -OCH3 is 1. The summed E-state index contributed by atoms with van der Waals surface area (Å²) >= 11 is 0. The van der Waals surface area contributed by atoms with Crippen molar-refractivity contribution < 1.29 is 14.3 Å². The van der Waals surface area contributed by atoms with Crippen LogP contribution in [0.5, 0.6) is 5.75 Å². The molecule has 0 atom stereocenters. The second-order valence-electron chi connectivity index (χ2n) is 8.91. The molecular formula is C29H29N5O3. The van der Waals surface area contributed by atoms with Gasteiger partial charge in [0.2, 0.25) is 0 Å². The van der Waals surface area contributed by atoms with E-state index in [0.717, 1.165) is 42.7 Å². The SMILES string of the molecule is COc1cccc(-c2nn(-c3ccccc3)cc2C(=O)NCc2cccc(NC(=O)N3CCCC3)c2)c1. The summed E-state index contributed by atoms with van der Waals surface area (Å²) in [5, 5.41) is 10.7. The highest BCUT2D eigenvalue weighted by Crippen LogP contribution is 2.27. The predicted molar refractivity (Wildman–Crippen MR) is 143 cm³/mol. The molecule has 1 aliphatic heterocycles. The molecule has 8 heteroatoms. The second kappa shape index (κ2) is 11.0. The van der Waals surface area contributed by atoms with Crippen LogP contribution in [0.2, 0.25) is 0 Å². The largest absolute Gasteiger partial charge is 0.497 e. The van der Waals surface area contributed by atoms with Crippen molar-refractivity contribution in [3.8, 4) is 22.7 Å². The van der Waals surface area contributed by atoms with Gasteiger partial charge >= 0.3 is 6.03 Å². The summed E-state index contributed by atoms with van der Waals surface area (Å²) < 4.78 is 7.08. The Labute approximate surface area is 215 Å². The third kappa shape index (κ3) is 5.64. The number of amides is 3. The van der Waals surface area contributed by atoms with E-state index in [1.54, 1.807) is 18.0 Å². The van der Waals surface area contributed by atoms with Crippen LogP contribution in [0.3, 0.4) is 0 Å². The topological polar surface area (TPSA) is 88.5 Å². The Hall–Kier alpha value is -4.59. The molecule has 2 heterocycles. The number of nitrogens with zero attached hydrogens (tertiary/aromatic N) is 3. The molecule has 1 saturated heterocycles. The second-order valence-corrected chi connectivity index (χ2v) is 8.91. The fourth-order valence-electron chi connectivity index (χ4n) is 4.40. The van der Waals surface area contributed by atoms with Gasteiger partial charge < -0.3 is 20.3 Å². The van der Waals surface area contributed by atoms with Crippen LogP contribution in [0.1, 0.15) is 28.8 Å². The molecular weight excluding hydrogens is 466 g/mol.